The summed E-state index contributed by atoms with van der Waals surface area (Å²) in [6.45, 7) is 3.07. The van der Waals surface area contributed by atoms with Crippen LogP contribution in [0.5, 0.6) is 0 Å². The van der Waals surface area contributed by atoms with Crippen molar-refractivity contribution in [3.63, 3.8) is 0 Å². The van der Waals surface area contributed by atoms with Gasteiger partial charge in [0.1, 0.15) is 5.72 Å². The Morgan fingerprint density at radius 2 is 2.11 bits per heavy atom. The van der Waals surface area contributed by atoms with Gasteiger partial charge in [0.05, 0.1) is 24.8 Å². The number of hydrogen-bond acceptors (Lipinski definition) is 4. The van der Waals surface area contributed by atoms with Gasteiger partial charge in [0, 0.05) is 3.57 Å². The molecule has 1 amide bonds. The smallest absolute Gasteiger partial charge is 0.339 e. The van der Waals surface area contributed by atoms with Crippen LogP contribution in [0, 0.1) is 3.57 Å². The number of amides is 1. The fourth-order valence-corrected chi connectivity index (χ4v) is 2.95. The van der Waals surface area contributed by atoms with Crippen LogP contribution in [0.1, 0.15) is 29.8 Å². The molecule has 0 aromatic heterocycles. The molecule has 0 unspecified atom stereocenters. The third kappa shape index (κ3) is 2.46. The molecule has 0 atom stereocenters. The molecule has 5 nitrogen and oxygen atoms in total. The Morgan fingerprint density at radius 3 is 2.63 bits per heavy atom. The minimum absolute atomic E-state index is 0.180. The van der Waals surface area contributed by atoms with Crippen LogP contribution in [0.3, 0.4) is 0 Å². The Kier molecular flexibility index (Phi) is 3.57. The summed E-state index contributed by atoms with van der Waals surface area (Å²) in [5.74, 6) is -0.637. The molecule has 0 fully saturated rings. The lowest BCUT2D eigenvalue weighted by Crippen LogP contribution is -2.46. The summed E-state index contributed by atoms with van der Waals surface area (Å²) >= 11 is 2.03. The van der Waals surface area contributed by atoms with E-state index in [9.17, 15) is 14.7 Å². The van der Waals surface area contributed by atoms with Crippen LogP contribution in [0.2, 0.25) is 0 Å². The number of ether oxygens (including phenoxy) is 1. The number of carbonyl (C=O) groups is 2. The van der Waals surface area contributed by atoms with Gasteiger partial charge in [-0.25, -0.2) is 4.79 Å². The summed E-state index contributed by atoms with van der Waals surface area (Å²) in [7, 11) is 1.31. The van der Waals surface area contributed by atoms with Crippen LogP contribution in [0.4, 0.5) is 5.69 Å². The number of carbonyl (C=O) groups excluding carboxylic acids is 2. The SMILES string of the molecule is COC(=O)c1cc2c(cc1I)CC(=O)N2C(C)(C)O. The maximum absolute atomic E-state index is 12.0. The number of fused-ring (bicyclic) bond motifs is 1. The first kappa shape index (κ1) is 14.3. The van der Waals surface area contributed by atoms with Gasteiger partial charge in [0.15, 0.2) is 0 Å². The molecule has 0 spiro atoms. The van der Waals surface area contributed by atoms with Gasteiger partial charge in [0.25, 0.3) is 0 Å². The number of rotatable bonds is 2. The Morgan fingerprint density at radius 1 is 1.47 bits per heavy atom. The first-order valence-electron chi connectivity index (χ1n) is 5.72. The molecule has 0 saturated heterocycles. The molecule has 0 aliphatic carbocycles. The fourth-order valence-electron chi connectivity index (χ4n) is 2.20. The fraction of sp³-hybridized carbons (Fsp3) is 0.385. The van der Waals surface area contributed by atoms with E-state index < -0.39 is 11.7 Å². The number of anilines is 1. The number of aliphatic hydroxyl groups is 1. The summed E-state index contributed by atoms with van der Waals surface area (Å²) in [5.41, 5.74) is 0.469. The van der Waals surface area contributed by atoms with Crippen molar-refractivity contribution < 1.29 is 19.4 Å². The summed E-state index contributed by atoms with van der Waals surface area (Å²) in [6, 6.07) is 3.39. The molecule has 1 aliphatic rings. The zero-order valence-corrected chi connectivity index (χ0v) is 13.0. The number of methoxy groups -OCH3 is 1. The lowest BCUT2D eigenvalue weighted by Gasteiger charge is -2.31. The highest BCUT2D eigenvalue weighted by Gasteiger charge is 2.37. The van der Waals surface area contributed by atoms with Crippen molar-refractivity contribution in [1.82, 2.24) is 0 Å². The molecule has 6 heteroatoms. The second kappa shape index (κ2) is 4.75. The van der Waals surface area contributed by atoms with Gasteiger partial charge in [0.2, 0.25) is 5.91 Å². The highest BCUT2D eigenvalue weighted by atomic mass is 127. The largest absolute Gasteiger partial charge is 0.465 e. The Balaban J connectivity index is 2.58. The maximum Gasteiger partial charge on any atom is 0.339 e. The normalized spacial score (nSPS) is 14.6. The van der Waals surface area contributed by atoms with Gasteiger partial charge < -0.3 is 9.84 Å². The van der Waals surface area contributed by atoms with Crippen LogP contribution in [0.25, 0.3) is 0 Å². The molecule has 1 aromatic rings. The molecule has 0 saturated carbocycles. The first-order chi connectivity index (χ1) is 8.75. The van der Waals surface area contributed by atoms with Crippen molar-refractivity contribution in [3.8, 4) is 0 Å². The predicted molar refractivity (Wildman–Crippen MR) is 78.0 cm³/mol. The van der Waals surface area contributed by atoms with E-state index in [1.807, 2.05) is 22.6 Å². The molecule has 0 bridgehead atoms. The van der Waals surface area contributed by atoms with Gasteiger partial charge in [-0.1, -0.05) is 0 Å². The molecule has 1 N–H and O–H groups in total. The molecule has 19 heavy (non-hydrogen) atoms. The second-order valence-corrected chi connectivity index (χ2v) is 6.01. The van der Waals surface area contributed by atoms with Crippen molar-refractivity contribution in [1.29, 1.82) is 0 Å². The minimum atomic E-state index is -1.30. The van der Waals surface area contributed by atoms with Crippen LogP contribution in [-0.2, 0) is 16.0 Å². The number of hydrogen-bond donors (Lipinski definition) is 1. The Labute approximate surface area is 124 Å². The van der Waals surface area contributed by atoms with E-state index >= 15 is 0 Å². The van der Waals surface area contributed by atoms with Crippen molar-refractivity contribution in [3.05, 3.63) is 26.8 Å². The highest BCUT2D eigenvalue weighted by Crippen LogP contribution is 2.36. The zero-order valence-electron chi connectivity index (χ0n) is 10.9. The number of benzene rings is 1. The third-order valence-electron chi connectivity index (χ3n) is 2.95. The minimum Gasteiger partial charge on any atom is -0.465 e. The van der Waals surface area contributed by atoms with Crippen LogP contribution < -0.4 is 4.90 Å². The maximum atomic E-state index is 12.0. The van der Waals surface area contributed by atoms with E-state index in [4.69, 9.17) is 4.74 Å². The summed E-state index contributed by atoms with van der Waals surface area (Å²) < 4.78 is 5.45. The average molecular weight is 375 g/mol. The van der Waals surface area contributed by atoms with Crippen molar-refractivity contribution in [2.24, 2.45) is 0 Å². The summed E-state index contributed by atoms with van der Waals surface area (Å²) in [6.07, 6.45) is 0.233. The molecule has 1 aromatic carbocycles. The van der Waals surface area contributed by atoms with E-state index in [2.05, 4.69) is 0 Å². The molecular weight excluding hydrogens is 361 g/mol. The molecule has 0 radical (unpaired) electrons. The number of nitrogens with zero attached hydrogens (tertiary/aromatic N) is 1. The van der Waals surface area contributed by atoms with E-state index in [0.29, 0.717) is 11.3 Å². The van der Waals surface area contributed by atoms with E-state index in [0.717, 1.165) is 9.13 Å². The summed E-state index contributed by atoms with van der Waals surface area (Å²) in [4.78, 5) is 25.0. The van der Waals surface area contributed by atoms with Gasteiger partial charge in [-0.05, 0) is 54.1 Å². The Bertz CT molecular complexity index is 562. The lowest BCUT2D eigenvalue weighted by atomic mass is 10.1. The van der Waals surface area contributed by atoms with E-state index in [1.54, 1.807) is 12.1 Å². The van der Waals surface area contributed by atoms with Crippen LogP contribution in [0.15, 0.2) is 12.1 Å². The topological polar surface area (TPSA) is 66.8 Å². The molecule has 1 aliphatic heterocycles. The predicted octanol–water partition coefficient (Wildman–Crippen LogP) is 1.70. The number of esters is 1. The number of halogens is 1. The Hall–Kier alpha value is -1.15. The highest BCUT2D eigenvalue weighted by molar-refractivity contribution is 14.1. The van der Waals surface area contributed by atoms with E-state index in [1.165, 1.54) is 25.9 Å². The quantitative estimate of drug-likeness (QED) is 0.631. The molecule has 2 rings (SSSR count). The van der Waals surface area contributed by atoms with Gasteiger partial charge in [-0.15, -0.1) is 0 Å². The van der Waals surface area contributed by atoms with Crippen molar-refractivity contribution in [2.75, 3.05) is 12.0 Å². The standard InChI is InChI=1S/C13H14INO4/c1-13(2,18)15-10-6-8(12(17)19-3)9(14)4-7(10)5-11(15)16/h4,6,18H,5H2,1-3H3. The van der Waals surface area contributed by atoms with Gasteiger partial charge in [-0.2, -0.15) is 0 Å². The monoisotopic (exact) mass is 375 g/mol. The zero-order chi connectivity index (χ0) is 14.4. The van der Waals surface area contributed by atoms with Crippen LogP contribution >= 0.6 is 22.6 Å². The van der Waals surface area contributed by atoms with Crippen molar-refractivity contribution in [2.45, 2.75) is 26.0 Å². The van der Waals surface area contributed by atoms with Gasteiger partial charge in [-0.3, -0.25) is 9.69 Å². The molecule has 102 valence electrons. The second-order valence-electron chi connectivity index (χ2n) is 4.85. The molecular formula is C13H14INO4. The van der Waals surface area contributed by atoms with Gasteiger partial charge >= 0.3 is 5.97 Å². The van der Waals surface area contributed by atoms with Crippen LogP contribution in [-0.4, -0.2) is 29.8 Å². The summed E-state index contributed by atoms with van der Waals surface area (Å²) in [5, 5.41) is 10.1. The van der Waals surface area contributed by atoms with Crippen molar-refractivity contribution >= 4 is 40.2 Å². The first-order valence-corrected chi connectivity index (χ1v) is 6.79. The third-order valence-corrected chi connectivity index (χ3v) is 3.85. The average Bonchev–Trinajstić information content (AvgIpc) is 2.61. The lowest BCUT2D eigenvalue weighted by molar-refractivity contribution is -0.120. The molecule has 1 heterocycles. The van der Waals surface area contributed by atoms with E-state index in [-0.39, 0.29) is 12.3 Å².